The normalized spacial score (nSPS) is 13.7. The van der Waals surface area contributed by atoms with Crippen LogP contribution in [0.3, 0.4) is 0 Å². The van der Waals surface area contributed by atoms with Gasteiger partial charge in [0.2, 0.25) is 0 Å². The molecule has 4 heterocycles. The van der Waals surface area contributed by atoms with Gasteiger partial charge in [-0.2, -0.15) is 0 Å². The molecule has 1 aromatic carbocycles. The van der Waals surface area contributed by atoms with Crippen LogP contribution in [0.15, 0.2) is 24.4 Å². The van der Waals surface area contributed by atoms with Crippen molar-refractivity contribution in [3.05, 3.63) is 52.6 Å². The minimum absolute atomic E-state index is 0.314. The summed E-state index contributed by atoms with van der Waals surface area (Å²) in [6, 6.07) is 6.42. The number of ether oxygens (including phenoxy) is 1. The van der Waals surface area contributed by atoms with Gasteiger partial charge >= 0.3 is 0 Å². The molecule has 0 spiro atoms. The number of pyridine rings is 1. The van der Waals surface area contributed by atoms with Crippen LogP contribution in [0.4, 0.5) is 10.9 Å². The van der Waals surface area contributed by atoms with E-state index in [0.29, 0.717) is 30.7 Å². The largest absolute Gasteiger partial charge is 0.491 e. The Labute approximate surface area is 209 Å². The lowest BCUT2D eigenvalue weighted by molar-refractivity contribution is 0.329. The number of anilines is 2. The lowest BCUT2D eigenvalue weighted by Gasteiger charge is -2.26. The minimum atomic E-state index is 0.314. The van der Waals surface area contributed by atoms with Gasteiger partial charge < -0.3 is 20.7 Å². The first-order chi connectivity index (χ1) is 16.8. The van der Waals surface area contributed by atoms with E-state index in [1.807, 2.05) is 13.2 Å². The van der Waals surface area contributed by atoms with Gasteiger partial charge in [-0.05, 0) is 56.1 Å². The summed E-state index contributed by atoms with van der Waals surface area (Å²) in [7, 11) is 1.92. The highest BCUT2D eigenvalue weighted by atomic mass is 32.1. The van der Waals surface area contributed by atoms with E-state index in [1.54, 1.807) is 0 Å². The molecule has 4 aromatic rings. The third kappa shape index (κ3) is 4.53. The first-order valence-electron chi connectivity index (χ1n) is 11.9. The molecule has 8 nitrogen and oxygen atoms in total. The van der Waals surface area contributed by atoms with Crippen LogP contribution in [0.1, 0.15) is 48.0 Å². The number of aryl methyl sites for hydroxylation is 2. The molecule has 3 aromatic heterocycles. The zero-order valence-corrected chi connectivity index (χ0v) is 21.7. The van der Waals surface area contributed by atoms with Crippen molar-refractivity contribution in [2.45, 2.75) is 46.7 Å². The number of fused-ring (bicyclic) bond motifs is 2. The average Bonchev–Trinajstić information content (AvgIpc) is 3.03. The zero-order valence-electron chi connectivity index (χ0n) is 20.8. The molecule has 35 heavy (non-hydrogen) atoms. The number of hydrogen-bond acceptors (Lipinski definition) is 9. The smallest absolute Gasteiger partial charge is 0.182 e. The molecule has 1 aliphatic rings. The predicted molar refractivity (Wildman–Crippen MR) is 142 cm³/mol. The highest BCUT2D eigenvalue weighted by Gasteiger charge is 2.24. The second-order valence-corrected chi connectivity index (χ2v) is 10.3. The third-order valence-corrected chi connectivity index (χ3v) is 7.10. The molecule has 9 heteroatoms. The Balaban J connectivity index is 1.57. The summed E-state index contributed by atoms with van der Waals surface area (Å²) in [4.78, 5) is 21.9. The predicted octanol–water partition coefficient (Wildman–Crippen LogP) is 4.59. The van der Waals surface area contributed by atoms with E-state index < -0.39 is 0 Å². The second-order valence-electron chi connectivity index (χ2n) is 9.30. The van der Waals surface area contributed by atoms with Gasteiger partial charge in [0, 0.05) is 35.1 Å². The topological polar surface area (TPSA) is 102 Å². The first-order valence-corrected chi connectivity index (χ1v) is 12.7. The standard InChI is InChI=1S/C26H31N7OS/c1-14(2)22-16(4)30-21(12-28-5)32-24(22)33-6-7-34-23-15(3)8-17(9-19(23)13-33)18-10-20-25(29-11-18)35-26(27)31-20/h8-11,14,28H,6-7,12-13H2,1-5H3,(H2,27,31). The molecule has 0 aliphatic carbocycles. The SMILES string of the molecule is CNCc1nc(C)c(C(C)C)c(N2CCOc3c(C)cc(-c4cnc5sc(N)nc5c4)cc3C2)n1. The Morgan fingerprint density at radius 2 is 1.97 bits per heavy atom. The van der Waals surface area contributed by atoms with Crippen LogP contribution in [0.2, 0.25) is 0 Å². The van der Waals surface area contributed by atoms with E-state index in [2.05, 4.69) is 66.1 Å². The molecule has 5 rings (SSSR count). The van der Waals surface area contributed by atoms with Gasteiger partial charge in [-0.15, -0.1) is 0 Å². The number of hydrogen-bond donors (Lipinski definition) is 2. The number of benzene rings is 1. The Kier molecular flexibility index (Phi) is 6.29. The minimum Gasteiger partial charge on any atom is -0.491 e. The monoisotopic (exact) mass is 489 g/mol. The number of nitrogen functional groups attached to an aromatic ring is 1. The zero-order chi connectivity index (χ0) is 24.7. The van der Waals surface area contributed by atoms with Crippen molar-refractivity contribution in [3.63, 3.8) is 0 Å². The highest BCUT2D eigenvalue weighted by molar-refractivity contribution is 7.21. The molecule has 1 aliphatic heterocycles. The molecule has 0 atom stereocenters. The third-order valence-electron chi connectivity index (χ3n) is 6.29. The van der Waals surface area contributed by atoms with Gasteiger partial charge in [0.1, 0.15) is 34.3 Å². The molecule has 0 amide bonds. The van der Waals surface area contributed by atoms with Crippen LogP contribution in [0, 0.1) is 13.8 Å². The van der Waals surface area contributed by atoms with Crippen LogP contribution < -0.4 is 20.7 Å². The van der Waals surface area contributed by atoms with Crippen molar-refractivity contribution in [1.29, 1.82) is 0 Å². The lowest BCUT2D eigenvalue weighted by atomic mass is 9.99. The number of thiazole rings is 1. The summed E-state index contributed by atoms with van der Waals surface area (Å²) in [5.41, 5.74) is 13.3. The molecule has 0 bridgehead atoms. The van der Waals surface area contributed by atoms with Crippen molar-refractivity contribution in [2.24, 2.45) is 0 Å². The summed E-state index contributed by atoms with van der Waals surface area (Å²) in [6.07, 6.45) is 1.89. The summed E-state index contributed by atoms with van der Waals surface area (Å²) in [6.45, 7) is 11.3. The lowest BCUT2D eigenvalue weighted by Crippen LogP contribution is -2.29. The Bertz CT molecular complexity index is 1400. The maximum atomic E-state index is 6.26. The Morgan fingerprint density at radius 1 is 1.14 bits per heavy atom. The molecular formula is C26H31N7OS. The molecule has 0 saturated carbocycles. The van der Waals surface area contributed by atoms with Crippen LogP contribution in [-0.4, -0.2) is 40.1 Å². The van der Waals surface area contributed by atoms with Crippen molar-refractivity contribution >= 4 is 32.6 Å². The van der Waals surface area contributed by atoms with E-state index in [-0.39, 0.29) is 0 Å². The van der Waals surface area contributed by atoms with E-state index in [9.17, 15) is 0 Å². The van der Waals surface area contributed by atoms with Gasteiger partial charge in [-0.1, -0.05) is 25.2 Å². The van der Waals surface area contributed by atoms with Crippen LogP contribution in [-0.2, 0) is 13.1 Å². The summed E-state index contributed by atoms with van der Waals surface area (Å²) in [5, 5.41) is 3.71. The summed E-state index contributed by atoms with van der Waals surface area (Å²) < 4.78 is 6.26. The highest BCUT2D eigenvalue weighted by Crippen LogP contribution is 2.36. The van der Waals surface area contributed by atoms with E-state index in [4.69, 9.17) is 20.4 Å². The van der Waals surface area contributed by atoms with Crippen molar-refractivity contribution in [2.75, 3.05) is 30.8 Å². The number of nitrogens with zero attached hydrogens (tertiary/aromatic N) is 5. The quantitative estimate of drug-likeness (QED) is 0.420. The Morgan fingerprint density at radius 3 is 2.74 bits per heavy atom. The van der Waals surface area contributed by atoms with E-state index in [1.165, 1.54) is 16.9 Å². The summed E-state index contributed by atoms with van der Waals surface area (Å²) in [5.74, 6) is 3.07. The molecule has 0 unspecified atom stereocenters. The van der Waals surface area contributed by atoms with Gasteiger partial charge in [0.25, 0.3) is 0 Å². The molecule has 0 fully saturated rings. The number of rotatable bonds is 5. The van der Waals surface area contributed by atoms with Crippen molar-refractivity contribution < 1.29 is 4.74 Å². The Hall–Kier alpha value is -3.30. The number of aromatic nitrogens is 4. The number of nitrogens with two attached hydrogens (primary N) is 1. The van der Waals surface area contributed by atoms with Crippen molar-refractivity contribution in [1.82, 2.24) is 25.3 Å². The van der Waals surface area contributed by atoms with Crippen LogP contribution in [0.25, 0.3) is 21.5 Å². The summed E-state index contributed by atoms with van der Waals surface area (Å²) >= 11 is 1.40. The van der Waals surface area contributed by atoms with Gasteiger partial charge in [-0.25, -0.2) is 19.9 Å². The van der Waals surface area contributed by atoms with E-state index in [0.717, 1.165) is 62.2 Å². The van der Waals surface area contributed by atoms with Gasteiger partial charge in [0.05, 0.1) is 13.1 Å². The van der Waals surface area contributed by atoms with Crippen LogP contribution in [0.5, 0.6) is 5.75 Å². The fourth-order valence-corrected chi connectivity index (χ4v) is 5.49. The first kappa shape index (κ1) is 23.4. The molecule has 0 saturated heterocycles. The second kappa shape index (κ2) is 9.39. The molecular weight excluding hydrogens is 458 g/mol. The molecule has 0 radical (unpaired) electrons. The van der Waals surface area contributed by atoms with E-state index >= 15 is 0 Å². The maximum Gasteiger partial charge on any atom is 0.182 e. The maximum absolute atomic E-state index is 6.26. The van der Waals surface area contributed by atoms with Gasteiger partial charge in [-0.3, -0.25) is 0 Å². The fraction of sp³-hybridized carbons (Fsp3) is 0.385. The average molecular weight is 490 g/mol. The van der Waals surface area contributed by atoms with Crippen LogP contribution >= 0.6 is 11.3 Å². The van der Waals surface area contributed by atoms with Crippen molar-refractivity contribution in [3.8, 4) is 16.9 Å². The molecule has 3 N–H and O–H groups in total. The number of nitrogens with one attached hydrogen (secondary N) is 1. The van der Waals surface area contributed by atoms with Gasteiger partial charge in [0.15, 0.2) is 5.13 Å². The molecule has 182 valence electrons. The fourth-order valence-electron chi connectivity index (χ4n) is 4.84.